The van der Waals surface area contributed by atoms with Gasteiger partial charge in [0, 0.05) is 12.1 Å². The average Bonchev–Trinajstić information content (AvgIpc) is 2.19. The second-order valence-corrected chi connectivity index (χ2v) is 3.26. The van der Waals surface area contributed by atoms with Crippen molar-refractivity contribution in [2.45, 2.75) is 11.9 Å². The van der Waals surface area contributed by atoms with Crippen molar-refractivity contribution in [2.75, 3.05) is 12.4 Å². The summed E-state index contributed by atoms with van der Waals surface area (Å²) in [6.45, 7) is 2.94. The van der Waals surface area contributed by atoms with E-state index in [2.05, 4.69) is 15.3 Å². The molecule has 70 valence electrons. The molecule has 1 aromatic heterocycles. The van der Waals surface area contributed by atoms with Crippen LogP contribution >= 0.6 is 11.8 Å². The van der Waals surface area contributed by atoms with Gasteiger partial charge in [0.25, 0.3) is 0 Å². The van der Waals surface area contributed by atoms with Gasteiger partial charge in [0.15, 0.2) is 6.29 Å². The standard InChI is InChI=1S/C8H11N3OS/c1-2-9-6-13-8-7(4-12)3-10-5-11-8/h3-5,9H,2,6H2,1H3. The van der Waals surface area contributed by atoms with Crippen LogP contribution in [0.4, 0.5) is 0 Å². The van der Waals surface area contributed by atoms with Crippen molar-refractivity contribution in [1.29, 1.82) is 0 Å². The summed E-state index contributed by atoms with van der Waals surface area (Å²) in [6.07, 6.45) is 3.74. The zero-order valence-electron chi connectivity index (χ0n) is 7.36. The predicted molar refractivity (Wildman–Crippen MR) is 51.8 cm³/mol. The van der Waals surface area contributed by atoms with E-state index in [-0.39, 0.29) is 0 Å². The third-order valence-corrected chi connectivity index (χ3v) is 2.35. The van der Waals surface area contributed by atoms with Crippen molar-refractivity contribution in [3.63, 3.8) is 0 Å². The van der Waals surface area contributed by atoms with Crippen LogP contribution in [0.25, 0.3) is 0 Å². The summed E-state index contributed by atoms with van der Waals surface area (Å²) in [5.41, 5.74) is 0.547. The Morgan fingerprint density at radius 3 is 3.23 bits per heavy atom. The fourth-order valence-corrected chi connectivity index (χ4v) is 1.58. The molecule has 0 bridgehead atoms. The van der Waals surface area contributed by atoms with Crippen LogP contribution in [0, 0.1) is 0 Å². The normalized spacial score (nSPS) is 9.92. The SMILES string of the molecule is CCNCSc1ncncc1C=O. The number of thioether (sulfide) groups is 1. The van der Waals surface area contributed by atoms with Crippen LogP contribution in [0.3, 0.4) is 0 Å². The van der Waals surface area contributed by atoms with Gasteiger partial charge in [0.2, 0.25) is 0 Å². The highest BCUT2D eigenvalue weighted by molar-refractivity contribution is 7.99. The van der Waals surface area contributed by atoms with Crippen LogP contribution in [0.15, 0.2) is 17.6 Å². The van der Waals surface area contributed by atoms with Gasteiger partial charge < -0.3 is 5.32 Å². The minimum atomic E-state index is 0.547. The Balaban J connectivity index is 2.59. The fraction of sp³-hybridized carbons (Fsp3) is 0.375. The number of carbonyl (C=O) groups is 1. The van der Waals surface area contributed by atoms with E-state index in [9.17, 15) is 4.79 Å². The summed E-state index contributed by atoms with van der Waals surface area (Å²) >= 11 is 1.50. The predicted octanol–water partition coefficient (Wildman–Crippen LogP) is 0.948. The lowest BCUT2D eigenvalue weighted by Crippen LogP contribution is -2.11. The topological polar surface area (TPSA) is 54.9 Å². The van der Waals surface area contributed by atoms with Crippen molar-refractivity contribution in [2.24, 2.45) is 0 Å². The molecule has 0 saturated heterocycles. The molecule has 0 saturated carbocycles. The first kappa shape index (κ1) is 10.1. The van der Waals surface area contributed by atoms with Gasteiger partial charge in [-0.05, 0) is 6.54 Å². The lowest BCUT2D eigenvalue weighted by molar-refractivity contribution is 0.112. The Bertz CT molecular complexity index is 280. The lowest BCUT2D eigenvalue weighted by Gasteiger charge is -2.02. The molecule has 0 amide bonds. The Kier molecular flexibility index (Phi) is 4.42. The lowest BCUT2D eigenvalue weighted by atomic mass is 10.4. The summed E-state index contributed by atoms with van der Waals surface area (Å²) in [7, 11) is 0. The molecule has 1 heterocycles. The first-order valence-corrected chi connectivity index (χ1v) is 4.95. The Morgan fingerprint density at radius 1 is 1.69 bits per heavy atom. The molecule has 1 N–H and O–H groups in total. The number of aromatic nitrogens is 2. The molecule has 1 rings (SSSR count). The number of hydrogen-bond acceptors (Lipinski definition) is 5. The molecular weight excluding hydrogens is 186 g/mol. The largest absolute Gasteiger partial charge is 0.308 e. The Labute approximate surface area is 81.2 Å². The van der Waals surface area contributed by atoms with Crippen LogP contribution in [0.2, 0.25) is 0 Å². The highest BCUT2D eigenvalue weighted by Gasteiger charge is 2.01. The molecule has 0 radical (unpaired) electrons. The minimum absolute atomic E-state index is 0.547. The average molecular weight is 197 g/mol. The number of carbonyl (C=O) groups excluding carboxylic acids is 1. The second-order valence-electron chi connectivity index (χ2n) is 2.29. The van der Waals surface area contributed by atoms with E-state index < -0.39 is 0 Å². The number of hydrogen-bond donors (Lipinski definition) is 1. The molecule has 0 fully saturated rings. The van der Waals surface area contributed by atoms with Gasteiger partial charge in [-0.3, -0.25) is 4.79 Å². The zero-order chi connectivity index (χ0) is 9.52. The summed E-state index contributed by atoms with van der Waals surface area (Å²) in [5, 5.41) is 3.86. The molecule has 0 aliphatic rings. The first-order chi connectivity index (χ1) is 6.38. The van der Waals surface area contributed by atoms with Crippen LogP contribution < -0.4 is 5.32 Å². The number of nitrogens with zero attached hydrogens (tertiary/aromatic N) is 2. The van der Waals surface area contributed by atoms with Crippen molar-refractivity contribution in [3.8, 4) is 0 Å². The van der Waals surface area contributed by atoms with Gasteiger partial charge in [0.1, 0.15) is 11.4 Å². The maximum Gasteiger partial charge on any atom is 0.154 e. The van der Waals surface area contributed by atoms with Crippen molar-refractivity contribution in [1.82, 2.24) is 15.3 Å². The van der Waals surface area contributed by atoms with Crippen LogP contribution in [0.5, 0.6) is 0 Å². The third-order valence-electron chi connectivity index (χ3n) is 1.39. The number of rotatable bonds is 5. The zero-order valence-corrected chi connectivity index (χ0v) is 8.17. The van der Waals surface area contributed by atoms with Crippen LogP contribution in [-0.2, 0) is 0 Å². The highest BCUT2D eigenvalue weighted by Crippen LogP contribution is 2.15. The molecule has 4 nitrogen and oxygen atoms in total. The highest BCUT2D eigenvalue weighted by atomic mass is 32.2. The maximum absolute atomic E-state index is 10.5. The van der Waals surface area contributed by atoms with Gasteiger partial charge >= 0.3 is 0 Å². The summed E-state index contributed by atoms with van der Waals surface area (Å²) in [6, 6.07) is 0. The second kappa shape index (κ2) is 5.66. The third kappa shape index (κ3) is 3.12. The van der Waals surface area contributed by atoms with Gasteiger partial charge in [-0.25, -0.2) is 9.97 Å². The molecule has 0 unspecified atom stereocenters. The smallest absolute Gasteiger partial charge is 0.154 e. The monoisotopic (exact) mass is 197 g/mol. The number of nitrogens with one attached hydrogen (secondary N) is 1. The van der Waals surface area contributed by atoms with E-state index >= 15 is 0 Å². The molecule has 13 heavy (non-hydrogen) atoms. The maximum atomic E-state index is 10.5. The molecule has 0 aliphatic carbocycles. The minimum Gasteiger partial charge on any atom is -0.308 e. The molecule has 0 atom stereocenters. The van der Waals surface area contributed by atoms with Crippen LogP contribution in [0.1, 0.15) is 17.3 Å². The fourth-order valence-electron chi connectivity index (χ4n) is 0.752. The van der Waals surface area contributed by atoms with Gasteiger partial charge in [-0.2, -0.15) is 0 Å². The van der Waals surface area contributed by atoms with E-state index in [0.29, 0.717) is 5.56 Å². The summed E-state index contributed by atoms with van der Waals surface area (Å²) < 4.78 is 0. The van der Waals surface area contributed by atoms with Gasteiger partial charge in [-0.1, -0.05) is 18.7 Å². The Morgan fingerprint density at radius 2 is 2.54 bits per heavy atom. The van der Waals surface area contributed by atoms with Crippen molar-refractivity contribution < 1.29 is 4.79 Å². The van der Waals surface area contributed by atoms with E-state index in [1.165, 1.54) is 24.3 Å². The van der Waals surface area contributed by atoms with Crippen molar-refractivity contribution in [3.05, 3.63) is 18.1 Å². The molecule has 0 aromatic carbocycles. The number of aldehydes is 1. The van der Waals surface area contributed by atoms with Gasteiger partial charge in [0.05, 0.1) is 5.56 Å². The first-order valence-electron chi connectivity index (χ1n) is 3.97. The summed E-state index contributed by atoms with van der Waals surface area (Å²) in [4.78, 5) is 18.3. The van der Waals surface area contributed by atoms with E-state index in [1.54, 1.807) is 0 Å². The molecule has 0 spiro atoms. The molecule has 0 aliphatic heterocycles. The molecular formula is C8H11N3OS. The van der Waals surface area contributed by atoms with E-state index in [4.69, 9.17) is 0 Å². The Hall–Kier alpha value is -0.940. The van der Waals surface area contributed by atoms with E-state index in [0.717, 1.165) is 23.7 Å². The van der Waals surface area contributed by atoms with Crippen molar-refractivity contribution >= 4 is 18.0 Å². The van der Waals surface area contributed by atoms with Crippen LogP contribution in [-0.4, -0.2) is 28.7 Å². The molecule has 1 aromatic rings. The summed E-state index contributed by atoms with van der Waals surface area (Å²) in [5.74, 6) is 0.758. The van der Waals surface area contributed by atoms with E-state index in [1.807, 2.05) is 6.92 Å². The van der Waals surface area contributed by atoms with Gasteiger partial charge in [-0.15, -0.1) is 0 Å². The quantitative estimate of drug-likeness (QED) is 0.250. The molecule has 5 heteroatoms.